The number of carbonyl (C=O) groups excluding carboxylic acids is 2. The molecule has 1 aliphatic rings. The first-order chi connectivity index (χ1) is 12.8. The zero-order valence-electron chi connectivity index (χ0n) is 15.4. The van der Waals surface area contributed by atoms with Crippen LogP contribution in [0.4, 0.5) is 11.4 Å². The second kappa shape index (κ2) is 8.32. The van der Waals surface area contributed by atoms with E-state index >= 15 is 0 Å². The van der Waals surface area contributed by atoms with Crippen molar-refractivity contribution in [3.63, 3.8) is 0 Å². The summed E-state index contributed by atoms with van der Waals surface area (Å²) in [5.41, 5.74) is 3.06. The summed E-state index contributed by atoms with van der Waals surface area (Å²) < 4.78 is 0. The van der Waals surface area contributed by atoms with Gasteiger partial charge in [0.15, 0.2) is 0 Å². The number of aryl methyl sites for hydroxylation is 1. The first-order valence-corrected chi connectivity index (χ1v) is 9.80. The first kappa shape index (κ1) is 19.7. The molecule has 6 heteroatoms. The lowest BCUT2D eigenvalue weighted by molar-refractivity contribution is -0.118. The van der Waals surface area contributed by atoms with E-state index in [4.69, 9.17) is 23.2 Å². The maximum Gasteiger partial charge on any atom is 0.257 e. The van der Waals surface area contributed by atoms with Crippen LogP contribution in [0.3, 0.4) is 0 Å². The molecule has 0 spiro atoms. The summed E-state index contributed by atoms with van der Waals surface area (Å²) in [6.45, 7) is 5.02. The van der Waals surface area contributed by atoms with E-state index < -0.39 is 0 Å². The van der Waals surface area contributed by atoms with Crippen molar-refractivity contribution >= 4 is 46.4 Å². The van der Waals surface area contributed by atoms with Crippen LogP contribution in [0.5, 0.6) is 0 Å². The van der Waals surface area contributed by atoms with Gasteiger partial charge in [0, 0.05) is 29.4 Å². The Morgan fingerprint density at radius 1 is 1.15 bits per heavy atom. The summed E-state index contributed by atoms with van der Waals surface area (Å²) in [5, 5.41) is 3.67. The molecule has 27 heavy (non-hydrogen) atoms. The van der Waals surface area contributed by atoms with Crippen molar-refractivity contribution in [3.05, 3.63) is 57.6 Å². The van der Waals surface area contributed by atoms with Crippen LogP contribution in [-0.2, 0) is 11.2 Å². The van der Waals surface area contributed by atoms with E-state index in [9.17, 15) is 9.59 Å². The van der Waals surface area contributed by atoms with Gasteiger partial charge in [-0.05, 0) is 60.7 Å². The fourth-order valence-electron chi connectivity index (χ4n) is 3.14. The number of benzene rings is 2. The van der Waals surface area contributed by atoms with Gasteiger partial charge >= 0.3 is 0 Å². The number of anilines is 2. The van der Waals surface area contributed by atoms with E-state index in [0.29, 0.717) is 40.1 Å². The third-order valence-electron chi connectivity index (χ3n) is 4.64. The topological polar surface area (TPSA) is 49.4 Å². The van der Waals surface area contributed by atoms with Crippen LogP contribution < -0.4 is 10.2 Å². The Balaban J connectivity index is 1.79. The lowest BCUT2D eigenvalue weighted by atomic mass is 9.99. The van der Waals surface area contributed by atoms with Crippen LogP contribution in [0.1, 0.15) is 42.6 Å². The number of fused-ring (bicyclic) bond motifs is 1. The highest BCUT2D eigenvalue weighted by atomic mass is 35.5. The smallest absolute Gasteiger partial charge is 0.257 e. The van der Waals surface area contributed by atoms with Crippen molar-refractivity contribution < 1.29 is 9.59 Å². The average Bonchev–Trinajstić information content (AvgIpc) is 2.60. The summed E-state index contributed by atoms with van der Waals surface area (Å²) >= 11 is 12.0. The molecule has 1 aliphatic heterocycles. The number of nitrogens with one attached hydrogen (secondary N) is 1. The third-order valence-corrected chi connectivity index (χ3v) is 5.19. The number of amides is 2. The monoisotopic (exact) mass is 404 g/mol. The highest BCUT2D eigenvalue weighted by Gasteiger charge is 2.24. The molecule has 2 amide bonds. The molecule has 0 radical (unpaired) electrons. The van der Waals surface area contributed by atoms with Gasteiger partial charge in [-0.15, -0.1) is 0 Å². The Morgan fingerprint density at radius 3 is 2.63 bits per heavy atom. The third kappa shape index (κ3) is 4.63. The molecule has 0 atom stereocenters. The quantitative estimate of drug-likeness (QED) is 0.707. The molecule has 0 bridgehead atoms. The predicted molar refractivity (Wildman–Crippen MR) is 111 cm³/mol. The van der Waals surface area contributed by atoms with Crippen molar-refractivity contribution in [2.75, 3.05) is 16.8 Å². The minimum Gasteiger partial charge on any atom is -0.322 e. The molecule has 142 valence electrons. The van der Waals surface area contributed by atoms with Crippen molar-refractivity contribution in [3.8, 4) is 0 Å². The van der Waals surface area contributed by atoms with E-state index in [1.54, 1.807) is 18.2 Å². The van der Waals surface area contributed by atoms with Gasteiger partial charge in [0.2, 0.25) is 5.91 Å². The molecule has 0 aromatic heterocycles. The number of halogens is 2. The van der Waals surface area contributed by atoms with Crippen LogP contribution in [0.15, 0.2) is 36.4 Å². The highest BCUT2D eigenvalue weighted by molar-refractivity contribution is 6.37. The molecule has 0 unspecified atom stereocenters. The summed E-state index contributed by atoms with van der Waals surface area (Å²) in [6, 6.07) is 10.4. The zero-order chi connectivity index (χ0) is 19.6. The first-order valence-electron chi connectivity index (χ1n) is 9.05. The fraction of sp³-hybridized carbons (Fsp3) is 0.333. The van der Waals surface area contributed by atoms with Gasteiger partial charge in [-0.25, -0.2) is 0 Å². The fourth-order valence-corrected chi connectivity index (χ4v) is 3.64. The summed E-state index contributed by atoms with van der Waals surface area (Å²) in [6.07, 6.45) is 2.13. The summed E-state index contributed by atoms with van der Waals surface area (Å²) in [7, 11) is 0. The van der Waals surface area contributed by atoms with E-state index in [1.807, 2.05) is 23.1 Å². The molecule has 2 aromatic rings. The van der Waals surface area contributed by atoms with Gasteiger partial charge in [0.25, 0.3) is 5.91 Å². The standard InChI is InChI=1S/C21H22Cl2N2O2/c1-13(2)9-10-25-19-7-5-16(11-14(19)3-8-20(25)26)24-21(27)17-6-4-15(22)12-18(17)23/h4-7,11-13H,3,8-10H2,1-2H3,(H,24,27). The molecular formula is C21H22Cl2N2O2. The maximum absolute atomic E-state index is 12.5. The highest BCUT2D eigenvalue weighted by Crippen LogP contribution is 2.31. The largest absolute Gasteiger partial charge is 0.322 e. The average molecular weight is 405 g/mol. The van der Waals surface area contributed by atoms with Crippen LogP contribution >= 0.6 is 23.2 Å². The normalized spacial score (nSPS) is 13.7. The van der Waals surface area contributed by atoms with Crippen LogP contribution in [0.25, 0.3) is 0 Å². The number of hydrogen-bond donors (Lipinski definition) is 1. The Kier molecular flexibility index (Phi) is 6.08. The number of carbonyl (C=O) groups is 2. The maximum atomic E-state index is 12.5. The number of rotatable bonds is 5. The van der Waals surface area contributed by atoms with E-state index in [0.717, 1.165) is 24.2 Å². The van der Waals surface area contributed by atoms with E-state index in [-0.39, 0.29) is 11.8 Å². The van der Waals surface area contributed by atoms with Crippen molar-refractivity contribution in [2.24, 2.45) is 5.92 Å². The summed E-state index contributed by atoms with van der Waals surface area (Å²) in [5.74, 6) is 0.402. The molecule has 2 aromatic carbocycles. The van der Waals surface area contributed by atoms with Gasteiger partial charge in [-0.1, -0.05) is 37.0 Å². The molecule has 1 N–H and O–H groups in total. The zero-order valence-corrected chi connectivity index (χ0v) is 16.9. The van der Waals surface area contributed by atoms with Gasteiger partial charge in [0.05, 0.1) is 10.6 Å². The minimum absolute atomic E-state index is 0.160. The van der Waals surface area contributed by atoms with E-state index in [1.165, 1.54) is 0 Å². The number of nitrogens with zero attached hydrogens (tertiary/aromatic N) is 1. The second-order valence-electron chi connectivity index (χ2n) is 7.15. The Labute approximate surface area is 169 Å². The van der Waals surface area contributed by atoms with Gasteiger partial charge in [-0.2, -0.15) is 0 Å². The molecule has 1 heterocycles. The Bertz CT molecular complexity index is 880. The molecule has 0 saturated carbocycles. The Morgan fingerprint density at radius 2 is 1.93 bits per heavy atom. The molecule has 0 aliphatic carbocycles. The van der Waals surface area contributed by atoms with Gasteiger partial charge < -0.3 is 10.2 Å². The van der Waals surface area contributed by atoms with Crippen molar-refractivity contribution in [1.29, 1.82) is 0 Å². The minimum atomic E-state index is -0.292. The van der Waals surface area contributed by atoms with Crippen LogP contribution in [0.2, 0.25) is 10.0 Å². The lowest BCUT2D eigenvalue weighted by Gasteiger charge is -2.30. The number of hydrogen-bond acceptors (Lipinski definition) is 2. The second-order valence-corrected chi connectivity index (χ2v) is 7.99. The van der Waals surface area contributed by atoms with Gasteiger partial charge in [-0.3, -0.25) is 9.59 Å². The van der Waals surface area contributed by atoms with Gasteiger partial charge in [0.1, 0.15) is 0 Å². The van der Waals surface area contributed by atoms with Crippen molar-refractivity contribution in [1.82, 2.24) is 0 Å². The molecule has 0 saturated heterocycles. The van der Waals surface area contributed by atoms with Crippen molar-refractivity contribution in [2.45, 2.75) is 33.1 Å². The molecule has 4 nitrogen and oxygen atoms in total. The molecule has 0 fully saturated rings. The van der Waals surface area contributed by atoms with Crippen LogP contribution in [-0.4, -0.2) is 18.4 Å². The Hall–Kier alpha value is -2.04. The summed E-state index contributed by atoms with van der Waals surface area (Å²) in [4.78, 5) is 26.7. The molecular weight excluding hydrogens is 383 g/mol. The van der Waals surface area contributed by atoms with Crippen LogP contribution in [0, 0.1) is 5.92 Å². The molecule has 3 rings (SSSR count). The van der Waals surface area contributed by atoms with E-state index in [2.05, 4.69) is 19.2 Å². The SMILES string of the molecule is CC(C)CCN1C(=O)CCc2cc(NC(=O)c3ccc(Cl)cc3Cl)ccc21. The lowest BCUT2D eigenvalue weighted by Crippen LogP contribution is -2.36. The predicted octanol–water partition coefficient (Wildman–Crippen LogP) is 5.57.